The Morgan fingerprint density at radius 2 is 2.27 bits per heavy atom. The van der Waals surface area contributed by atoms with Gasteiger partial charge in [0.1, 0.15) is 0 Å². The molecule has 2 rings (SSSR count). The molecular weight excluding hydrogens is 322 g/mol. The number of hydrogen-bond donors (Lipinski definition) is 1. The van der Waals surface area contributed by atoms with Gasteiger partial charge in [0.05, 0.1) is 5.75 Å². The highest BCUT2D eigenvalue weighted by molar-refractivity contribution is 7.99. The number of carbonyl (C=O) groups is 1. The van der Waals surface area contributed by atoms with Crippen LogP contribution in [0.25, 0.3) is 11.5 Å². The van der Waals surface area contributed by atoms with Crippen LogP contribution in [0.15, 0.2) is 33.9 Å². The van der Waals surface area contributed by atoms with Gasteiger partial charge in [-0.2, -0.15) is 0 Å². The number of amides is 1. The molecule has 1 unspecified atom stereocenters. The molecule has 0 radical (unpaired) electrons. The minimum atomic E-state index is -0.0338. The number of nitrogens with zero attached hydrogens (tertiary/aromatic N) is 2. The molecule has 0 aliphatic carbocycles. The molecule has 118 valence electrons. The van der Waals surface area contributed by atoms with Gasteiger partial charge in [-0.1, -0.05) is 42.8 Å². The molecule has 0 aliphatic heterocycles. The Labute approximate surface area is 138 Å². The highest BCUT2D eigenvalue weighted by Crippen LogP contribution is 2.24. The summed E-state index contributed by atoms with van der Waals surface area (Å²) in [4.78, 5) is 11.8. The lowest BCUT2D eigenvalue weighted by Gasteiger charge is -2.11. The fourth-order valence-corrected chi connectivity index (χ4v) is 2.72. The van der Waals surface area contributed by atoms with Crippen LogP contribution in [0, 0.1) is 0 Å². The molecule has 0 aliphatic rings. The van der Waals surface area contributed by atoms with Gasteiger partial charge < -0.3 is 9.73 Å². The number of rotatable bonds is 7. The first-order valence-electron chi connectivity index (χ1n) is 7.10. The van der Waals surface area contributed by atoms with Gasteiger partial charge in [0.25, 0.3) is 5.22 Å². The lowest BCUT2D eigenvalue weighted by atomic mass is 10.2. The van der Waals surface area contributed by atoms with Gasteiger partial charge in [-0.3, -0.25) is 4.79 Å². The highest BCUT2D eigenvalue weighted by atomic mass is 35.5. The second-order valence-electron chi connectivity index (χ2n) is 4.93. The number of thioether (sulfide) groups is 1. The molecule has 7 heteroatoms. The van der Waals surface area contributed by atoms with E-state index in [4.69, 9.17) is 16.0 Å². The van der Waals surface area contributed by atoms with Crippen LogP contribution in [-0.4, -0.2) is 27.9 Å². The average molecular weight is 340 g/mol. The van der Waals surface area contributed by atoms with Crippen LogP contribution in [0.4, 0.5) is 0 Å². The molecule has 0 fully saturated rings. The Hall–Kier alpha value is -1.53. The molecular formula is C15H18ClN3O2S. The Morgan fingerprint density at radius 3 is 3.00 bits per heavy atom. The fourth-order valence-electron chi connectivity index (χ4n) is 1.96. The zero-order valence-electron chi connectivity index (χ0n) is 12.5. The van der Waals surface area contributed by atoms with E-state index < -0.39 is 0 Å². The van der Waals surface area contributed by atoms with E-state index >= 15 is 0 Å². The van der Waals surface area contributed by atoms with E-state index in [1.165, 1.54) is 11.8 Å². The Kier molecular flexibility index (Phi) is 6.27. The van der Waals surface area contributed by atoms with Crippen molar-refractivity contribution in [2.75, 3.05) is 5.75 Å². The van der Waals surface area contributed by atoms with Gasteiger partial charge in [-0.15, -0.1) is 10.2 Å². The topological polar surface area (TPSA) is 68.0 Å². The fraction of sp³-hybridized carbons (Fsp3) is 0.400. The van der Waals surface area contributed by atoms with E-state index in [1.807, 2.05) is 19.1 Å². The minimum absolute atomic E-state index is 0.0338. The molecule has 0 spiro atoms. The standard InChI is InChI=1S/C15H18ClN3O2S/c1-3-5-10(2)17-13(20)9-22-15-19-18-14(21-15)11-6-4-7-12(16)8-11/h4,6-8,10H,3,5,9H2,1-2H3,(H,17,20). The number of benzene rings is 1. The quantitative estimate of drug-likeness (QED) is 0.777. The molecule has 5 nitrogen and oxygen atoms in total. The molecule has 1 heterocycles. The maximum atomic E-state index is 11.8. The zero-order valence-corrected chi connectivity index (χ0v) is 14.1. The van der Waals surface area contributed by atoms with Crippen molar-refractivity contribution in [1.82, 2.24) is 15.5 Å². The smallest absolute Gasteiger partial charge is 0.277 e. The summed E-state index contributed by atoms with van der Waals surface area (Å²) in [6.45, 7) is 4.09. The molecule has 1 aromatic heterocycles. The van der Waals surface area contributed by atoms with Crippen LogP contribution in [0.3, 0.4) is 0 Å². The number of halogens is 1. The third kappa shape index (κ3) is 5.03. The maximum Gasteiger partial charge on any atom is 0.277 e. The number of nitrogens with one attached hydrogen (secondary N) is 1. The molecule has 1 atom stereocenters. The molecule has 22 heavy (non-hydrogen) atoms. The molecule has 1 N–H and O–H groups in total. The summed E-state index contributed by atoms with van der Waals surface area (Å²) in [5.41, 5.74) is 0.757. The van der Waals surface area contributed by atoms with Crippen LogP contribution < -0.4 is 5.32 Å². The number of carbonyl (C=O) groups excluding carboxylic acids is 1. The third-order valence-electron chi connectivity index (χ3n) is 2.93. The lowest BCUT2D eigenvalue weighted by molar-refractivity contribution is -0.119. The van der Waals surface area contributed by atoms with Gasteiger partial charge in [-0.05, 0) is 31.5 Å². The Morgan fingerprint density at radius 1 is 1.45 bits per heavy atom. The van der Waals surface area contributed by atoms with Crippen molar-refractivity contribution in [2.24, 2.45) is 0 Å². The van der Waals surface area contributed by atoms with Crippen LogP contribution in [0.5, 0.6) is 0 Å². The molecule has 1 amide bonds. The first-order valence-corrected chi connectivity index (χ1v) is 8.46. The van der Waals surface area contributed by atoms with Crippen molar-refractivity contribution in [2.45, 2.75) is 38.0 Å². The van der Waals surface area contributed by atoms with E-state index in [9.17, 15) is 4.79 Å². The molecule has 0 bridgehead atoms. The molecule has 0 saturated carbocycles. The van der Waals surface area contributed by atoms with E-state index in [1.54, 1.807) is 12.1 Å². The largest absolute Gasteiger partial charge is 0.411 e. The van der Waals surface area contributed by atoms with Crippen molar-refractivity contribution in [1.29, 1.82) is 0 Å². The van der Waals surface area contributed by atoms with Gasteiger partial charge in [0.15, 0.2) is 0 Å². The van der Waals surface area contributed by atoms with Crippen LogP contribution in [0.2, 0.25) is 5.02 Å². The van der Waals surface area contributed by atoms with E-state index in [0.29, 0.717) is 16.1 Å². The summed E-state index contributed by atoms with van der Waals surface area (Å²) in [6, 6.07) is 7.37. The first kappa shape index (κ1) is 16.8. The first-order chi connectivity index (χ1) is 10.6. The van der Waals surface area contributed by atoms with Gasteiger partial charge in [0.2, 0.25) is 11.8 Å². The SMILES string of the molecule is CCCC(C)NC(=O)CSc1nnc(-c2cccc(Cl)c2)o1. The minimum Gasteiger partial charge on any atom is -0.411 e. The van der Waals surface area contributed by atoms with Crippen LogP contribution in [0.1, 0.15) is 26.7 Å². The second kappa shape index (κ2) is 8.19. The second-order valence-corrected chi connectivity index (χ2v) is 6.29. The normalized spacial score (nSPS) is 12.1. The molecule has 2 aromatic rings. The summed E-state index contributed by atoms with van der Waals surface area (Å²) < 4.78 is 5.53. The summed E-state index contributed by atoms with van der Waals surface area (Å²) in [5, 5.41) is 11.8. The summed E-state index contributed by atoms with van der Waals surface area (Å²) >= 11 is 7.15. The molecule has 0 saturated heterocycles. The highest BCUT2D eigenvalue weighted by Gasteiger charge is 2.12. The van der Waals surface area contributed by atoms with Crippen molar-refractivity contribution >= 4 is 29.3 Å². The Balaban J connectivity index is 1.88. The van der Waals surface area contributed by atoms with Crippen molar-refractivity contribution in [3.05, 3.63) is 29.3 Å². The van der Waals surface area contributed by atoms with Crippen molar-refractivity contribution < 1.29 is 9.21 Å². The summed E-state index contributed by atoms with van der Waals surface area (Å²) in [5.74, 6) is 0.615. The predicted molar refractivity (Wildman–Crippen MR) is 88.0 cm³/mol. The third-order valence-corrected chi connectivity index (χ3v) is 3.99. The summed E-state index contributed by atoms with van der Waals surface area (Å²) in [7, 11) is 0. The van der Waals surface area contributed by atoms with Gasteiger partial charge >= 0.3 is 0 Å². The van der Waals surface area contributed by atoms with E-state index in [-0.39, 0.29) is 17.7 Å². The van der Waals surface area contributed by atoms with Gasteiger partial charge in [0, 0.05) is 16.6 Å². The summed E-state index contributed by atoms with van der Waals surface area (Å²) in [6.07, 6.45) is 2.01. The van der Waals surface area contributed by atoms with E-state index in [0.717, 1.165) is 18.4 Å². The Bertz CT molecular complexity index is 633. The lowest BCUT2D eigenvalue weighted by Crippen LogP contribution is -2.33. The van der Waals surface area contributed by atoms with Crippen LogP contribution in [-0.2, 0) is 4.79 Å². The predicted octanol–water partition coefficient (Wildman–Crippen LogP) is 3.79. The zero-order chi connectivity index (χ0) is 15.9. The number of aromatic nitrogens is 2. The van der Waals surface area contributed by atoms with Crippen molar-refractivity contribution in [3.8, 4) is 11.5 Å². The maximum absolute atomic E-state index is 11.8. The van der Waals surface area contributed by atoms with Crippen LogP contribution >= 0.6 is 23.4 Å². The number of hydrogen-bond acceptors (Lipinski definition) is 5. The van der Waals surface area contributed by atoms with Gasteiger partial charge in [-0.25, -0.2) is 0 Å². The van der Waals surface area contributed by atoms with E-state index in [2.05, 4.69) is 22.4 Å². The van der Waals surface area contributed by atoms with Crippen molar-refractivity contribution in [3.63, 3.8) is 0 Å². The molecule has 1 aromatic carbocycles. The monoisotopic (exact) mass is 339 g/mol. The average Bonchev–Trinajstić information content (AvgIpc) is 2.94.